The zero-order valence-electron chi connectivity index (χ0n) is 17.8. The fourth-order valence-electron chi connectivity index (χ4n) is 3.79. The maximum atomic E-state index is 14.9. The van der Waals surface area contributed by atoms with Crippen molar-refractivity contribution in [1.29, 1.82) is 0 Å². The Balaban J connectivity index is 1.70. The summed E-state index contributed by atoms with van der Waals surface area (Å²) in [5.41, 5.74) is 0.462. The SMILES string of the molecule is C=CCCCOc1ccc(-c2ccc(C3CCC(CCOC)CO3)c(F)c2F)cc1F. The minimum Gasteiger partial charge on any atom is -0.491 e. The molecule has 3 rings (SSSR count). The lowest BCUT2D eigenvalue weighted by Gasteiger charge is -2.29. The molecule has 0 saturated carbocycles. The van der Waals surface area contributed by atoms with E-state index in [0.29, 0.717) is 32.2 Å². The molecule has 3 nitrogen and oxygen atoms in total. The summed E-state index contributed by atoms with van der Waals surface area (Å²) in [6.07, 6.45) is 5.16. The number of unbranched alkanes of at least 4 members (excludes halogenated alkanes) is 1. The fourth-order valence-corrected chi connectivity index (χ4v) is 3.79. The zero-order chi connectivity index (χ0) is 22.2. The minimum absolute atomic E-state index is 0.00661. The van der Waals surface area contributed by atoms with E-state index in [1.165, 1.54) is 24.3 Å². The molecular formula is C25H29F3O3. The Bertz CT molecular complexity index is 877. The highest BCUT2D eigenvalue weighted by Crippen LogP contribution is 2.36. The lowest BCUT2D eigenvalue weighted by molar-refractivity contribution is -0.0263. The summed E-state index contributed by atoms with van der Waals surface area (Å²) in [6.45, 7) is 5.13. The Morgan fingerprint density at radius 3 is 2.61 bits per heavy atom. The molecule has 0 N–H and O–H groups in total. The van der Waals surface area contributed by atoms with Crippen LogP contribution in [0.3, 0.4) is 0 Å². The first-order chi connectivity index (χ1) is 15.0. The van der Waals surface area contributed by atoms with Crippen molar-refractivity contribution in [2.45, 2.75) is 38.2 Å². The average Bonchev–Trinajstić information content (AvgIpc) is 2.78. The third kappa shape index (κ3) is 5.89. The first-order valence-electron chi connectivity index (χ1n) is 10.7. The van der Waals surface area contributed by atoms with Gasteiger partial charge in [0.2, 0.25) is 0 Å². The number of benzene rings is 2. The molecule has 1 fully saturated rings. The highest BCUT2D eigenvalue weighted by atomic mass is 19.2. The molecule has 168 valence electrons. The molecule has 2 unspecified atom stereocenters. The second kappa shape index (κ2) is 11.3. The molecule has 1 aliphatic rings. The number of hydrogen-bond donors (Lipinski definition) is 0. The van der Waals surface area contributed by atoms with Gasteiger partial charge in [-0.15, -0.1) is 6.58 Å². The van der Waals surface area contributed by atoms with Gasteiger partial charge in [-0.3, -0.25) is 0 Å². The molecule has 0 bridgehead atoms. The van der Waals surface area contributed by atoms with Gasteiger partial charge in [-0.25, -0.2) is 13.2 Å². The zero-order valence-corrected chi connectivity index (χ0v) is 17.8. The van der Waals surface area contributed by atoms with Crippen LogP contribution in [0.15, 0.2) is 43.0 Å². The highest BCUT2D eigenvalue weighted by molar-refractivity contribution is 5.66. The van der Waals surface area contributed by atoms with Gasteiger partial charge in [0, 0.05) is 24.8 Å². The van der Waals surface area contributed by atoms with E-state index in [1.54, 1.807) is 13.2 Å². The number of rotatable bonds is 10. The summed E-state index contributed by atoms with van der Waals surface area (Å²) < 4.78 is 60.4. The predicted molar refractivity (Wildman–Crippen MR) is 115 cm³/mol. The molecule has 1 heterocycles. The third-order valence-electron chi connectivity index (χ3n) is 5.61. The fraction of sp³-hybridized carbons (Fsp3) is 0.440. The van der Waals surface area contributed by atoms with Crippen LogP contribution in [-0.4, -0.2) is 26.9 Å². The van der Waals surface area contributed by atoms with Gasteiger partial charge in [-0.2, -0.15) is 0 Å². The Hall–Kier alpha value is -2.31. The predicted octanol–water partition coefficient (Wildman–Crippen LogP) is 6.62. The normalized spacial score (nSPS) is 18.7. The van der Waals surface area contributed by atoms with Crippen LogP contribution in [-0.2, 0) is 9.47 Å². The van der Waals surface area contributed by atoms with E-state index in [-0.39, 0.29) is 22.4 Å². The Kier molecular flexibility index (Phi) is 8.55. The molecular weight excluding hydrogens is 405 g/mol. The Labute approximate surface area is 181 Å². The maximum Gasteiger partial charge on any atom is 0.167 e. The van der Waals surface area contributed by atoms with Gasteiger partial charge in [0.25, 0.3) is 0 Å². The summed E-state index contributed by atoms with van der Waals surface area (Å²) in [5, 5.41) is 0. The maximum absolute atomic E-state index is 14.9. The van der Waals surface area contributed by atoms with E-state index in [0.717, 1.165) is 31.7 Å². The molecule has 1 saturated heterocycles. The van der Waals surface area contributed by atoms with Gasteiger partial charge in [-0.05, 0) is 55.7 Å². The lowest BCUT2D eigenvalue weighted by atomic mass is 9.91. The van der Waals surface area contributed by atoms with Crippen LogP contribution in [0.25, 0.3) is 11.1 Å². The van der Waals surface area contributed by atoms with Crippen LogP contribution in [0.1, 0.15) is 43.8 Å². The topological polar surface area (TPSA) is 27.7 Å². The Morgan fingerprint density at radius 2 is 1.94 bits per heavy atom. The second-order valence-corrected chi connectivity index (χ2v) is 7.80. The van der Waals surface area contributed by atoms with Crippen molar-refractivity contribution in [3.8, 4) is 16.9 Å². The van der Waals surface area contributed by atoms with Crippen molar-refractivity contribution >= 4 is 0 Å². The number of hydrogen-bond acceptors (Lipinski definition) is 3. The number of allylic oxidation sites excluding steroid dienone is 1. The van der Waals surface area contributed by atoms with Gasteiger partial charge in [0.05, 0.1) is 19.3 Å². The van der Waals surface area contributed by atoms with Crippen LogP contribution in [0.5, 0.6) is 5.75 Å². The minimum atomic E-state index is -0.998. The standard InChI is InChI=1S/C25H29F3O3/c1-3-4-5-13-30-23-11-7-18(15-21(23)26)19-8-9-20(25(28)24(19)27)22-10-6-17(16-31-22)12-14-29-2/h3,7-9,11,15,17,22H,1,4-6,10,12-14,16H2,2H3. The van der Waals surface area contributed by atoms with Crippen LogP contribution in [0.2, 0.25) is 0 Å². The van der Waals surface area contributed by atoms with Gasteiger partial charge < -0.3 is 14.2 Å². The highest BCUT2D eigenvalue weighted by Gasteiger charge is 2.27. The van der Waals surface area contributed by atoms with Crippen molar-refractivity contribution in [2.75, 3.05) is 26.9 Å². The molecule has 6 heteroatoms. The monoisotopic (exact) mass is 434 g/mol. The molecule has 0 radical (unpaired) electrons. The molecule has 31 heavy (non-hydrogen) atoms. The van der Waals surface area contributed by atoms with E-state index in [9.17, 15) is 13.2 Å². The van der Waals surface area contributed by atoms with Crippen molar-refractivity contribution in [3.05, 3.63) is 66.0 Å². The van der Waals surface area contributed by atoms with E-state index in [4.69, 9.17) is 14.2 Å². The summed E-state index contributed by atoms with van der Waals surface area (Å²) in [7, 11) is 1.66. The smallest absolute Gasteiger partial charge is 0.167 e. The summed E-state index contributed by atoms with van der Waals surface area (Å²) in [5.74, 6) is -2.10. The summed E-state index contributed by atoms with van der Waals surface area (Å²) in [6, 6.07) is 7.14. The number of methoxy groups -OCH3 is 1. The van der Waals surface area contributed by atoms with Crippen LogP contribution >= 0.6 is 0 Å². The Morgan fingerprint density at radius 1 is 1.10 bits per heavy atom. The van der Waals surface area contributed by atoms with Crippen LogP contribution < -0.4 is 4.74 Å². The first kappa shape index (κ1) is 23.4. The molecule has 0 spiro atoms. The summed E-state index contributed by atoms with van der Waals surface area (Å²) >= 11 is 0. The molecule has 0 aliphatic carbocycles. The van der Waals surface area contributed by atoms with Crippen LogP contribution in [0.4, 0.5) is 13.2 Å². The molecule has 1 aliphatic heterocycles. The van der Waals surface area contributed by atoms with E-state index >= 15 is 0 Å². The molecule has 0 aromatic heterocycles. The van der Waals surface area contributed by atoms with Gasteiger partial charge >= 0.3 is 0 Å². The van der Waals surface area contributed by atoms with Crippen molar-refractivity contribution < 1.29 is 27.4 Å². The third-order valence-corrected chi connectivity index (χ3v) is 5.61. The van der Waals surface area contributed by atoms with Crippen molar-refractivity contribution in [2.24, 2.45) is 5.92 Å². The second-order valence-electron chi connectivity index (χ2n) is 7.80. The van der Waals surface area contributed by atoms with E-state index in [2.05, 4.69) is 6.58 Å². The van der Waals surface area contributed by atoms with Crippen molar-refractivity contribution in [3.63, 3.8) is 0 Å². The average molecular weight is 434 g/mol. The van der Waals surface area contributed by atoms with Crippen LogP contribution in [0, 0.1) is 23.4 Å². The molecule has 0 amide bonds. The first-order valence-corrected chi connectivity index (χ1v) is 10.7. The van der Waals surface area contributed by atoms with E-state index in [1.807, 2.05) is 0 Å². The van der Waals surface area contributed by atoms with Gasteiger partial charge in [0.1, 0.15) is 0 Å². The molecule has 2 aromatic carbocycles. The van der Waals surface area contributed by atoms with Crippen molar-refractivity contribution in [1.82, 2.24) is 0 Å². The number of ether oxygens (including phenoxy) is 3. The summed E-state index contributed by atoms with van der Waals surface area (Å²) in [4.78, 5) is 0. The lowest BCUT2D eigenvalue weighted by Crippen LogP contribution is -2.22. The van der Waals surface area contributed by atoms with E-state index < -0.39 is 23.6 Å². The molecule has 2 aromatic rings. The number of halogens is 3. The van der Waals surface area contributed by atoms with Gasteiger partial charge in [0.15, 0.2) is 23.2 Å². The molecule has 2 atom stereocenters. The quantitative estimate of drug-likeness (QED) is 0.311. The largest absolute Gasteiger partial charge is 0.491 e. The van der Waals surface area contributed by atoms with Gasteiger partial charge in [-0.1, -0.05) is 24.3 Å².